The molecule has 1 saturated carbocycles. The van der Waals surface area contributed by atoms with Crippen LogP contribution in [0.1, 0.15) is 72.9 Å². The van der Waals surface area contributed by atoms with Gasteiger partial charge in [0.1, 0.15) is 29.1 Å². The molecule has 2 aromatic heterocycles. The number of morpholine rings is 1. The molecule has 15 nitrogen and oxygen atoms in total. The van der Waals surface area contributed by atoms with Gasteiger partial charge in [-0.2, -0.15) is 0 Å². The van der Waals surface area contributed by atoms with E-state index in [2.05, 4.69) is 37.1 Å². The molecule has 6 aliphatic rings. The first kappa shape index (κ1) is 42.4. The molecule has 1 spiro atoms. The summed E-state index contributed by atoms with van der Waals surface area (Å²) in [6.07, 6.45) is 11.1. The Morgan fingerprint density at radius 1 is 0.844 bits per heavy atom. The summed E-state index contributed by atoms with van der Waals surface area (Å²) >= 11 is 0. The second kappa shape index (κ2) is 17.5. The number of likely N-dealkylation sites (tertiary alicyclic amines) is 2. The third-order valence-corrected chi connectivity index (χ3v) is 15.0. The maximum absolute atomic E-state index is 13.3. The molecule has 3 amide bonds. The number of fused-ring (bicyclic) bond motifs is 2. The molecule has 1 atom stereocenters. The highest BCUT2D eigenvalue weighted by molar-refractivity contribution is 6.05. The van der Waals surface area contributed by atoms with Gasteiger partial charge in [-0.3, -0.25) is 29.4 Å². The minimum Gasteiger partial charge on any atom is -0.496 e. The van der Waals surface area contributed by atoms with Crippen LogP contribution in [0.3, 0.4) is 0 Å². The summed E-state index contributed by atoms with van der Waals surface area (Å²) in [5.74, 6) is 2.90. The Morgan fingerprint density at radius 2 is 1.58 bits per heavy atom. The third-order valence-electron chi connectivity index (χ3n) is 15.0. The third kappa shape index (κ3) is 8.22. The number of methoxy groups -OCH3 is 2. The fraction of sp³-hybridized carbons (Fsp3) is 0.531. The maximum Gasteiger partial charge on any atom is 0.259 e. The largest absolute Gasteiger partial charge is 0.496 e. The van der Waals surface area contributed by atoms with Crippen LogP contribution in [0, 0.1) is 11.3 Å². The highest BCUT2D eigenvalue weighted by Gasteiger charge is 2.47. The van der Waals surface area contributed by atoms with Crippen molar-refractivity contribution in [1.29, 1.82) is 0 Å². The molecule has 5 aliphatic heterocycles. The first-order valence-corrected chi connectivity index (χ1v) is 23.0. The van der Waals surface area contributed by atoms with Crippen LogP contribution in [0.4, 0.5) is 5.82 Å². The molecule has 4 aromatic rings. The number of piperidine rings is 3. The minimum absolute atomic E-state index is 0.0847. The molecule has 64 heavy (non-hydrogen) atoms. The van der Waals surface area contributed by atoms with Crippen molar-refractivity contribution >= 4 is 34.3 Å². The molecule has 10 rings (SSSR count). The van der Waals surface area contributed by atoms with Crippen LogP contribution in [0.15, 0.2) is 53.6 Å². The van der Waals surface area contributed by atoms with Crippen molar-refractivity contribution in [3.63, 3.8) is 0 Å². The molecule has 0 bridgehead atoms. The molecule has 15 heteroatoms. The van der Waals surface area contributed by atoms with Gasteiger partial charge in [-0.25, -0.2) is 4.98 Å². The Bertz CT molecular complexity index is 2490. The zero-order chi connectivity index (χ0) is 44.1. The second-order valence-electron chi connectivity index (χ2n) is 18.9. The van der Waals surface area contributed by atoms with E-state index in [1.54, 1.807) is 36.9 Å². The van der Waals surface area contributed by atoms with Crippen molar-refractivity contribution in [3.8, 4) is 28.4 Å². The molecule has 7 heterocycles. The molecule has 4 saturated heterocycles. The smallest absolute Gasteiger partial charge is 0.259 e. The zero-order valence-corrected chi connectivity index (χ0v) is 37.2. The summed E-state index contributed by atoms with van der Waals surface area (Å²) in [5.41, 5.74) is 4.60. The number of nitrogens with one attached hydrogen (secondary N) is 1. The molecular formula is C49H59N7O8. The maximum atomic E-state index is 13.3. The van der Waals surface area contributed by atoms with E-state index < -0.39 is 11.9 Å². The van der Waals surface area contributed by atoms with E-state index in [-0.39, 0.29) is 29.9 Å². The van der Waals surface area contributed by atoms with Crippen molar-refractivity contribution in [1.82, 2.24) is 29.6 Å². The fourth-order valence-electron chi connectivity index (χ4n) is 11.2. The molecular weight excluding hydrogens is 815 g/mol. The van der Waals surface area contributed by atoms with Gasteiger partial charge in [-0.1, -0.05) is 6.07 Å². The number of carbonyl (C=O) groups excluding carboxylic acids is 3. The Balaban J connectivity index is 0.714. The van der Waals surface area contributed by atoms with Crippen LogP contribution in [-0.2, 0) is 34.5 Å². The van der Waals surface area contributed by atoms with E-state index in [0.717, 1.165) is 123 Å². The summed E-state index contributed by atoms with van der Waals surface area (Å²) in [5, 5.41) is 3.79. The lowest BCUT2D eigenvalue weighted by Gasteiger charge is -2.52. The lowest BCUT2D eigenvalue weighted by Crippen LogP contribution is -2.52. The average Bonchev–Trinajstić information content (AvgIpc) is 3.63. The quantitative estimate of drug-likeness (QED) is 0.208. The van der Waals surface area contributed by atoms with Crippen LogP contribution in [-0.4, -0.2) is 127 Å². The highest BCUT2D eigenvalue weighted by Crippen LogP contribution is 2.51. The summed E-state index contributed by atoms with van der Waals surface area (Å²) < 4.78 is 25.7. The van der Waals surface area contributed by atoms with Gasteiger partial charge >= 0.3 is 0 Å². The summed E-state index contributed by atoms with van der Waals surface area (Å²) in [7, 11) is 5.21. The highest BCUT2D eigenvalue weighted by atomic mass is 16.5. The molecule has 0 radical (unpaired) electrons. The summed E-state index contributed by atoms with van der Waals surface area (Å²) in [6.45, 7) is 9.33. The summed E-state index contributed by atoms with van der Waals surface area (Å²) in [4.78, 5) is 64.3. The average molecular weight is 874 g/mol. The zero-order valence-electron chi connectivity index (χ0n) is 37.2. The number of hydrogen-bond acceptors (Lipinski definition) is 12. The van der Waals surface area contributed by atoms with Gasteiger partial charge in [0.2, 0.25) is 11.8 Å². The van der Waals surface area contributed by atoms with Gasteiger partial charge in [0.05, 0.1) is 44.5 Å². The fourth-order valence-corrected chi connectivity index (χ4v) is 11.2. The van der Waals surface area contributed by atoms with Crippen LogP contribution >= 0.6 is 0 Å². The normalized spacial score (nSPS) is 22.2. The predicted octanol–water partition coefficient (Wildman–Crippen LogP) is 4.75. The second-order valence-corrected chi connectivity index (χ2v) is 18.9. The predicted molar refractivity (Wildman–Crippen MR) is 241 cm³/mol. The van der Waals surface area contributed by atoms with Crippen molar-refractivity contribution in [2.75, 3.05) is 78.1 Å². The van der Waals surface area contributed by atoms with Crippen LogP contribution in [0.2, 0.25) is 0 Å². The van der Waals surface area contributed by atoms with E-state index in [4.69, 9.17) is 18.9 Å². The van der Waals surface area contributed by atoms with Crippen molar-refractivity contribution < 1.29 is 33.3 Å². The van der Waals surface area contributed by atoms with Crippen LogP contribution in [0.25, 0.3) is 21.9 Å². The van der Waals surface area contributed by atoms with E-state index in [0.29, 0.717) is 54.2 Å². The number of anilines is 1. The SMILES string of the molecule is COc1cc(-c2cn(C)c(=O)c3cnc(N4CCOCC4)cc23)cc(OC)c1CN1CCC(CN2CCC3(CC2)CC(Oc2ccc4c(c2)C(=O)N(C2CCC(=O)NC2=O)C4)C3)CC1. The van der Waals surface area contributed by atoms with Crippen molar-refractivity contribution in [3.05, 3.63) is 75.8 Å². The van der Waals surface area contributed by atoms with Crippen molar-refractivity contribution in [2.45, 2.75) is 76.6 Å². The molecule has 1 unspecified atom stereocenters. The van der Waals surface area contributed by atoms with Gasteiger partial charge < -0.3 is 38.2 Å². The summed E-state index contributed by atoms with van der Waals surface area (Å²) in [6, 6.07) is 11.3. The monoisotopic (exact) mass is 873 g/mol. The minimum atomic E-state index is -0.616. The van der Waals surface area contributed by atoms with Gasteiger partial charge in [-0.05, 0) is 124 Å². The Morgan fingerprint density at radius 3 is 2.28 bits per heavy atom. The van der Waals surface area contributed by atoms with Crippen molar-refractivity contribution in [2.24, 2.45) is 18.4 Å². The number of aryl methyl sites for hydroxylation is 1. The van der Waals surface area contributed by atoms with Crippen LogP contribution < -0.4 is 30.0 Å². The molecule has 1 N–H and O–H groups in total. The molecule has 338 valence electrons. The van der Waals surface area contributed by atoms with Gasteiger partial charge in [0.25, 0.3) is 11.5 Å². The number of ether oxygens (including phenoxy) is 4. The standard InChI is InChI=1S/C49H59N7O8/c1-52-29-39(37-23-44(50-26-38(37)47(52)59)55-16-18-63-19-17-55)33-20-42(61-2)40(43(21-33)62-3)30-53-12-8-31(9-13-53)27-54-14-10-49(11-15-54)24-35(25-49)64-34-5-4-32-28-56(48(60)36(32)22-34)41-6-7-45(57)51-46(41)58/h4-5,20-23,26,29,31,35,41H,6-19,24-25,27-28,30H2,1-3H3,(H,51,57,58). The van der Waals surface area contributed by atoms with Gasteiger partial charge in [0, 0.05) is 75.1 Å². The Kier molecular flexibility index (Phi) is 11.6. The van der Waals surface area contributed by atoms with E-state index in [1.807, 2.05) is 30.5 Å². The topological polar surface area (TPSA) is 148 Å². The number of amides is 3. The number of carbonyl (C=O) groups is 3. The lowest BCUT2D eigenvalue weighted by molar-refractivity contribution is -0.136. The molecule has 1 aliphatic carbocycles. The lowest BCUT2D eigenvalue weighted by atomic mass is 9.61. The van der Waals surface area contributed by atoms with E-state index in [9.17, 15) is 19.2 Å². The number of aromatic nitrogens is 2. The first-order valence-electron chi connectivity index (χ1n) is 23.0. The Hall–Kier alpha value is -5.51. The van der Waals surface area contributed by atoms with Crippen LogP contribution in [0.5, 0.6) is 17.2 Å². The number of pyridine rings is 2. The van der Waals surface area contributed by atoms with Gasteiger partial charge in [0.15, 0.2) is 0 Å². The number of hydrogen-bond donors (Lipinski definition) is 1. The number of benzene rings is 2. The molecule has 2 aromatic carbocycles. The molecule has 5 fully saturated rings. The van der Waals surface area contributed by atoms with E-state index in [1.165, 1.54) is 12.8 Å². The van der Waals surface area contributed by atoms with E-state index >= 15 is 0 Å². The number of rotatable bonds is 11. The number of imide groups is 1. The number of nitrogens with zero attached hydrogens (tertiary/aromatic N) is 6. The first-order chi connectivity index (χ1) is 31.1. The Labute approximate surface area is 373 Å². The van der Waals surface area contributed by atoms with Gasteiger partial charge in [-0.15, -0.1) is 0 Å².